The van der Waals surface area contributed by atoms with E-state index in [-0.39, 0.29) is 13.2 Å². The first-order valence-electron chi connectivity index (χ1n) is 16.7. The molecule has 0 aliphatic heterocycles. The van der Waals surface area contributed by atoms with Gasteiger partial charge in [0.25, 0.3) is 0 Å². The van der Waals surface area contributed by atoms with Crippen molar-refractivity contribution in [3.63, 3.8) is 0 Å². The largest absolute Gasteiger partial charge is 0.489 e. The van der Waals surface area contributed by atoms with Crippen LogP contribution in [-0.4, -0.2) is 37.4 Å². The fourth-order valence-corrected chi connectivity index (χ4v) is 6.85. The molecule has 0 amide bonds. The second-order valence-electron chi connectivity index (χ2n) is 13.3. The van der Waals surface area contributed by atoms with Gasteiger partial charge in [-0.15, -0.1) is 0 Å². The van der Waals surface area contributed by atoms with Crippen LogP contribution in [0.2, 0.25) is 0 Å². The molecule has 0 spiro atoms. The van der Waals surface area contributed by atoms with Gasteiger partial charge in [-0.25, -0.2) is 9.59 Å². The van der Waals surface area contributed by atoms with Crippen molar-refractivity contribution in [2.24, 2.45) is 0 Å². The summed E-state index contributed by atoms with van der Waals surface area (Å²) >= 11 is 0. The van der Waals surface area contributed by atoms with Crippen molar-refractivity contribution in [1.29, 1.82) is 0 Å². The van der Waals surface area contributed by atoms with Crippen molar-refractivity contribution in [2.45, 2.75) is 73.0 Å². The number of carbonyl (C=O) groups excluding carboxylic acids is 2. The third-order valence-electron chi connectivity index (χ3n) is 8.98. The average Bonchev–Trinajstić information content (AvgIpc) is 3.35. The summed E-state index contributed by atoms with van der Waals surface area (Å²) in [5.74, 6) is 0.690. The molecule has 1 aliphatic rings. The van der Waals surface area contributed by atoms with E-state index in [1.807, 2.05) is 13.8 Å². The highest BCUT2D eigenvalue weighted by Crippen LogP contribution is 2.57. The second-order valence-corrected chi connectivity index (χ2v) is 13.3. The van der Waals surface area contributed by atoms with Crippen molar-refractivity contribution in [3.05, 3.63) is 142 Å². The fourth-order valence-electron chi connectivity index (χ4n) is 6.85. The van der Waals surface area contributed by atoms with E-state index < -0.39 is 29.6 Å². The van der Waals surface area contributed by atoms with Crippen LogP contribution in [0.4, 0.5) is 0 Å². The lowest BCUT2D eigenvalue weighted by Crippen LogP contribution is -2.29. The minimum absolute atomic E-state index is 0.224. The third kappa shape index (κ3) is 6.78. The molecule has 0 radical (unpaired) electrons. The molecule has 254 valence electrons. The Morgan fingerprint density at radius 3 is 1.27 bits per heavy atom. The summed E-state index contributed by atoms with van der Waals surface area (Å²) in [6, 6.07) is 26.1. The first-order valence-corrected chi connectivity index (χ1v) is 16.7. The van der Waals surface area contributed by atoms with Crippen LogP contribution in [-0.2, 0) is 24.5 Å². The fraction of sp³-hybridized carbons (Fsp3) is 0.302. The van der Waals surface area contributed by atoms with Gasteiger partial charge in [-0.05, 0) is 111 Å². The Kier molecular flexibility index (Phi) is 10.2. The number of rotatable bonds is 12. The number of benzene rings is 4. The van der Waals surface area contributed by atoms with Gasteiger partial charge in [-0.3, -0.25) is 0 Å². The van der Waals surface area contributed by atoms with Gasteiger partial charge in [-0.1, -0.05) is 86.0 Å². The van der Waals surface area contributed by atoms with Gasteiger partial charge in [0.15, 0.2) is 0 Å². The molecule has 5 rings (SSSR count). The molecule has 0 aromatic heterocycles. The predicted molar refractivity (Wildman–Crippen MR) is 194 cm³/mol. The summed E-state index contributed by atoms with van der Waals surface area (Å²) in [6.45, 7) is 22.9. The van der Waals surface area contributed by atoms with Crippen molar-refractivity contribution >= 4 is 11.9 Å². The van der Waals surface area contributed by atoms with Gasteiger partial charge < -0.3 is 18.9 Å². The lowest BCUT2D eigenvalue weighted by molar-refractivity contribution is -0.145. The Balaban J connectivity index is 1.60. The molecule has 0 saturated carbocycles. The highest BCUT2D eigenvalue weighted by molar-refractivity contribution is 5.88. The lowest BCUT2D eigenvalue weighted by atomic mass is 9.66. The zero-order chi connectivity index (χ0) is 35.6. The van der Waals surface area contributed by atoms with Gasteiger partial charge in [0.1, 0.15) is 36.9 Å². The average molecular weight is 659 g/mol. The standard InChI is InChI=1S/C43H46O6/c1-25(2)41(44)48-31(9)23-46-39-27(5)19-33(20-28(39)6)43(37-17-13-11-15-35(37)36-16-12-14-18-38(36)43)34-21-29(7)40(30(8)22-34)47-24-32(10)49-42(45)26(3)4/h11-22,31-32H,1,3,23-24H2,2,4-10H3. The monoisotopic (exact) mass is 658 g/mol. The van der Waals surface area contributed by atoms with E-state index in [1.54, 1.807) is 13.8 Å². The summed E-state index contributed by atoms with van der Waals surface area (Å²) in [5, 5.41) is 0. The number of hydrogen-bond donors (Lipinski definition) is 0. The van der Waals surface area contributed by atoms with Crippen LogP contribution in [0.15, 0.2) is 97.1 Å². The molecular weight excluding hydrogens is 612 g/mol. The SMILES string of the molecule is C=C(C)C(=O)OC(C)COc1c(C)cc(C2(c3cc(C)c(OCC(C)OC(=O)C(=C)C)c(C)c3)c3ccccc3-c3ccccc32)cc1C. The van der Waals surface area contributed by atoms with Crippen molar-refractivity contribution < 1.29 is 28.5 Å². The molecule has 2 atom stereocenters. The topological polar surface area (TPSA) is 71.1 Å². The van der Waals surface area contributed by atoms with Gasteiger partial charge in [0, 0.05) is 11.1 Å². The molecule has 0 saturated heterocycles. The zero-order valence-electron chi connectivity index (χ0n) is 29.9. The maximum atomic E-state index is 12.1. The quantitative estimate of drug-likeness (QED) is 0.0984. The lowest BCUT2D eigenvalue weighted by Gasteiger charge is -2.35. The van der Waals surface area contributed by atoms with Crippen molar-refractivity contribution in [2.75, 3.05) is 13.2 Å². The van der Waals surface area contributed by atoms with E-state index in [9.17, 15) is 9.59 Å². The maximum Gasteiger partial charge on any atom is 0.333 e. The Morgan fingerprint density at radius 2 is 0.939 bits per heavy atom. The predicted octanol–water partition coefficient (Wildman–Crippen LogP) is 9.06. The molecule has 6 heteroatoms. The van der Waals surface area contributed by atoms with Crippen LogP contribution in [0.5, 0.6) is 11.5 Å². The smallest absolute Gasteiger partial charge is 0.333 e. The second kappa shape index (κ2) is 14.2. The Labute approximate surface area is 290 Å². The molecule has 4 aromatic rings. The van der Waals surface area contributed by atoms with Crippen molar-refractivity contribution in [1.82, 2.24) is 0 Å². The highest BCUT2D eigenvalue weighted by atomic mass is 16.6. The Hall–Kier alpha value is -5.10. The van der Waals surface area contributed by atoms with Crippen LogP contribution >= 0.6 is 0 Å². The molecule has 0 bridgehead atoms. The van der Waals surface area contributed by atoms with Crippen LogP contribution < -0.4 is 9.47 Å². The molecule has 0 fully saturated rings. The van der Waals surface area contributed by atoms with Gasteiger partial charge in [0.2, 0.25) is 0 Å². The van der Waals surface area contributed by atoms with Gasteiger partial charge in [-0.2, -0.15) is 0 Å². The van der Waals surface area contributed by atoms with Gasteiger partial charge >= 0.3 is 11.9 Å². The minimum atomic E-state index is -0.621. The number of hydrogen-bond acceptors (Lipinski definition) is 6. The van der Waals surface area contributed by atoms with E-state index in [0.717, 1.165) is 44.9 Å². The first kappa shape index (κ1) is 35.2. The van der Waals surface area contributed by atoms with Crippen LogP contribution in [0.1, 0.15) is 72.2 Å². The summed E-state index contributed by atoms with van der Waals surface area (Å²) in [4.78, 5) is 24.1. The Bertz CT molecular complexity index is 1760. The highest BCUT2D eigenvalue weighted by Gasteiger charge is 2.46. The molecule has 2 unspecified atom stereocenters. The molecule has 0 heterocycles. The number of ether oxygens (including phenoxy) is 4. The molecule has 0 N–H and O–H groups in total. The van der Waals surface area contributed by atoms with Crippen LogP contribution in [0, 0.1) is 27.7 Å². The maximum absolute atomic E-state index is 12.1. The van der Waals surface area contributed by atoms with Gasteiger partial charge in [0.05, 0.1) is 5.41 Å². The zero-order valence-corrected chi connectivity index (χ0v) is 29.9. The van der Waals surface area contributed by atoms with E-state index in [1.165, 1.54) is 22.3 Å². The summed E-state index contributed by atoms with van der Waals surface area (Å²) in [5.41, 5.74) is 11.1. The number of carbonyl (C=O) groups is 2. The Morgan fingerprint density at radius 1 is 0.612 bits per heavy atom. The first-order chi connectivity index (χ1) is 23.2. The molecule has 6 nitrogen and oxygen atoms in total. The van der Waals surface area contributed by atoms with E-state index in [4.69, 9.17) is 18.9 Å². The van der Waals surface area contributed by atoms with Crippen LogP contribution in [0.3, 0.4) is 0 Å². The molecule has 4 aromatic carbocycles. The normalized spacial score (nSPS) is 13.8. The van der Waals surface area contributed by atoms with E-state index in [0.29, 0.717) is 11.1 Å². The van der Waals surface area contributed by atoms with Crippen molar-refractivity contribution in [3.8, 4) is 22.6 Å². The van der Waals surface area contributed by atoms with E-state index in [2.05, 4.69) is 114 Å². The van der Waals surface area contributed by atoms with E-state index >= 15 is 0 Å². The van der Waals surface area contributed by atoms with Crippen LogP contribution in [0.25, 0.3) is 11.1 Å². The third-order valence-corrected chi connectivity index (χ3v) is 8.98. The number of fused-ring (bicyclic) bond motifs is 3. The summed E-state index contributed by atoms with van der Waals surface area (Å²) < 4.78 is 23.5. The number of esters is 2. The summed E-state index contributed by atoms with van der Waals surface area (Å²) in [7, 11) is 0. The molecule has 49 heavy (non-hydrogen) atoms. The number of aryl methyl sites for hydroxylation is 4. The minimum Gasteiger partial charge on any atom is -0.489 e. The molecular formula is C43H46O6. The summed E-state index contributed by atoms with van der Waals surface area (Å²) in [6.07, 6.45) is -0.870. The molecule has 1 aliphatic carbocycles.